The van der Waals surface area contributed by atoms with Gasteiger partial charge in [-0.05, 0) is 89.1 Å². The Labute approximate surface area is 362 Å². The molecule has 4 nitrogen and oxygen atoms in total. The van der Waals surface area contributed by atoms with Crippen molar-refractivity contribution >= 4 is 35.3 Å². The first kappa shape index (κ1) is 36.6. The number of pyridine rings is 3. The monoisotopic (exact) mass is 956 g/mol. The number of hydrogen-bond donors (Lipinski definition) is 0. The van der Waals surface area contributed by atoms with Gasteiger partial charge in [-0.25, -0.2) is 4.98 Å². The Balaban J connectivity index is 0.000000192. The van der Waals surface area contributed by atoms with Crippen molar-refractivity contribution < 1.29 is 30.0 Å². The van der Waals surface area contributed by atoms with Gasteiger partial charge in [0.15, 0.2) is 0 Å². The quantitative estimate of drug-likeness (QED) is 0.107. The molecule has 4 aromatic heterocycles. The van der Waals surface area contributed by atoms with E-state index in [1.807, 2.05) is 67.0 Å². The van der Waals surface area contributed by atoms with Crippen LogP contribution in [0.15, 0.2) is 83.5 Å². The minimum absolute atomic E-state index is 0. The summed E-state index contributed by atoms with van der Waals surface area (Å²) in [7, 11) is -1.69. The standard InChI is InChI=1S/C30H33N2O.C21H28NSi.Ir/c1-30(2,21-10-5-6-11-21)22-16-17-31-27(19-22)26-13-7-12-24-25-15-14-23(18-20-8-3-4-9-20)32-29(25)33-28(24)26;1-23(2,3)21-16-22-20(18-12-8-5-9-13-18)15-19(21)14-17-10-6-4-7-11-17;/h7,12,14-17,19-21H,3-6,8-11,18H2,1-2H3;5,8-9,12,15-17H,4,6-7,10-11,14H2,1-3H3;/q2*-1;/i18D2;14D2;. The summed E-state index contributed by atoms with van der Waals surface area (Å²) >= 11 is 0. The molecule has 3 saturated carbocycles. The third-order valence-electron chi connectivity index (χ3n) is 12.8. The molecular weight excluding hydrogens is 891 g/mol. The summed E-state index contributed by atoms with van der Waals surface area (Å²) < 4.78 is 41.8. The van der Waals surface area contributed by atoms with Crippen LogP contribution in [0.1, 0.15) is 120 Å². The number of hydrogen-bond acceptors (Lipinski definition) is 4. The van der Waals surface area contributed by atoms with Crippen LogP contribution in [0, 0.1) is 29.9 Å². The zero-order valence-electron chi connectivity index (χ0n) is 38.5. The normalized spacial score (nSPS) is 18.7. The van der Waals surface area contributed by atoms with Gasteiger partial charge in [0, 0.05) is 49.1 Å². The van der Waals surface area contributed by atoms with Crippen molar-refractivity contribution in [3.05, 3.63) is 108 Å². The van der Waals surface area contributed by atoms with E-state index in [9.17, 15) is 0 Å². The van der Waals surface area contributed by atoms with Crippen LogP contribution in [-0.4, -0.2) is 23.0 Å². The Morgan fingerprint density at radius 3 is 2.19 bits per heavy atom. The van der Waals surface area contributed by atoms with E-state index in [4.69, 9.17) is 19.9 Å². The van der Waals surface area contributed by atoms with Crippen LogP contribution in [0.25, 0.3) is 44.6 Å². The number of benzene rings is 2. The van der Waals surface area contributed by atoms with Crippen molar-refractivity contribution in [2.45, 2.75) is 135 Å². The molecule has 6 aromatic rings. The zero-order valence-corrected chi connectivity index (χ0v) is 37.9. The van der Waals surface area contributed by atoms with Crippen LogP contribution >= 0.6 is 0 Å². The summed E-state index contributed by atoms with van der Waals surface area (Å²) in [5.41, 5.74) is 7.42. The van der Waals surface area contributed by atoms with Crippen LogP contribution < -0.4 is 5.19 Å². The van der Waals surface area contributed by atoms with Gasteiger partial charge in [-0.15, -0.1) is 54.1 Å². The molecule has 1 radical (unpaired) electrons. The maximum Gasteiger partial charge on any atom is 0.216 e. The molecule has 0 spiro atoms. The van der Waals surface area contributed by atoms with E-state index >= 15 is 0 Å². The van der Waals surface area contributed by atoms with Gasteiger partial charge in [-0.2, -0.15) is 0 Å². The number of rotatable bonds is 9. The first-order valence-corrected chi connectivity index (χ1v) is 24.8. The second-order valence-corrected chi connectivity index (χ2v) is 23.2. The first-order chi connectivity index (χ1) is 28.7. The third kappa shape index (κ3) is 9.56. The molecular formula is C51H61IrN3OSi-2. The minimum atomic E-state index is -1.69. The van der Waals surface area contributed by atoms with E-state index < -0.39 is 20.8 Å². The second-order valence-electron chi connectivity index (χ2n) is 18.1. The molecule has 3 aliphatic carbocycles. The smallest absolute Gasteiger partial charge is 0.216 e. The SMILES string of the molecule is [2H]C([2H])(c1cc(-c2[c-]cccc2)ncc1[Si](C)(C)C)C1CCCCC1.[2H]C([2H])(c1ccc2c(n1)oc1c(-c3cc(C(C)(C)C4CCCC4)ccn3)[c-]ccc12)C1CCCC1.[Ir]. The predicted molar refractivity (Wildman–Crippen MR) is 236 cm³/mol. The van der Waals surface area contributed by atoms with Gasteiger partial charge in [0.1, 0.15) is 0 Å². The Morgan fingerprint density at radius 2 is 1.47 bits per heavy atom. The summed E-state index contributed by atoms with van der Waals surface area (Å²) in [6, 6.07) is 28.5. The molecule has 0 aliphatic heterocycles. The van der Waals surface area contributed by atoms with Crippen LogP contribution in [0.3, 0.4) is 0 Å². The summed E-state index contributed by atoms with van der Waals surface area (Å²) in [5.74, 6) is 0.837. The molecule has 2 aromatic carbocycles. The van der Waals surface area contributed by atoms with Crippen LogP contribution in [-0.2, 0) is 38.3 Å². The van der Waals surface area contributed by atoms with Crippen LogP contribution in [0.2, 0.25) is 19.6 Å². The number of fused-ring (bicyclic) bond motifs is 3. The van der Waals surface area contributed by atoms with Crippen molar-refractivity contribution in [3.8, 4) is 22.5 Å². The van der Waals surface area contributed by atoms with E-state index in [-0.39, 0.29) is 37.4 Å². The van der Waals surface area contributed by atoms with E-state index in [0.29, 0.717) is 17.3 Å². The van der Waals surface area contributed by atoms with Crippen LogP contribution in [0.5, 0.6) is 0 Å². The third-order valence-corrected chi connectivity index (χ3v) is 14.8. The molecule has 3 aliphatic rings. The Morgan fingerprint density at radius 1 is 0.754 bits per heavy atom. The molecule has 4 heterocycles. The average Bonchev–Trinajstić information content (AvgIpc) is 4.07. The average molecular weight is 956 g/mol. The Kier molecular flexibility index (Phi) is 11.7. The van der Waals surface area contributed by atoms with Gasteiger partial charge in [0.05, 0.1) is 13.7 Å². The summed E-state index contributed by atoms with van der Waals surface area (Å²) in [6.07, 6.45) is 15.9. The zero-order chi connectivity index (χ0) is 42.3. The number of nitrogens with zero attached hydrogens (tertiary/aromatic N) is 3. The fourth-order valence-electron chi connectivity index (χ4n) is 9.36. The van der Waals surface area contributed by atoms with Gasteiger partial charge >= 0.3 is 0 Å². The molecule has 301 valence electrons. The second kappa shape index (κ2) is 18.2. The molecule has 0 atom stereocenters. The van der Waals surface area contributed by atoms with Gasteiger partial charge in [-0.3, -0.25) is 0 Å². The van der Waals surface area contributed by atoms with E-state index in [2.05, 4.69) is 62.7 Å². The van der Waals surface area contributed by atoms with E-state index in [1.165, 1.54) is 37.7 Å². The molecule has 0 unspecified atom stereocenters. The summed E-state index contributed by atoms with van der Waals surface area (Å²) in [4.78, 5) is 14.1. The molecule has 6 heteroatoms. The molecule has 0 saturated heterocycles. The van der Waals surface area contributed by atoms with Crippen molar-refractivity contribution in [1.29, 1.82) is 0 Å². The van der Waals surface area contributed by atoms with E-state index in [1.54, 1.807) is 0 Å². The van der Waals surface area contributed by atoms with Crippen molar-refractivity contribution in [3.63, 3.8) is 0 Å². The molecule has 0 N–H and O–H groups in total. The summed E-state index contributed by atoms with van der Waals surface area (Å²) in [6.45, 7) is 11.5. The Bertz CT molecular complexity index is 2430. The Hall–Kier alpha value is -3.44. The fraction of sp³-hybridized carbons (Fsp3) is 0.471. The van der Waals surface area contributed by atoms with Gasteiger partial charge in [0.25, 0.3) is 0 Å². The maximum atomic E-state index is 8.99. The molecule has 0 bridgehead atoms. The number of furan rings is 1. The van der Waals surface area contributed by atoms with Crippen molar-refractivity contribution in [2.75, 3.05) is 0 Å². The maximum absolute atomic E-state index is 8.99. The number of aromatic nitrogens is 3. The minimum Gasteiger partial charge on any atom is -0.486 e. The van der Waals surface area contributed by atoms with E-state index in [0.717, 1.165) is 101 Å². The molecule has 57 heavy (non-hydrogen) atoms. The van der Waals surface area contributed by atoms with Gasteiger partial charge in [-0.1, -0.05) is 133 Å². The predicted octanol–water partition coefficient (Wildman–Crippen LogP) is 13.3. The van der Waals surface area contributed by atoms with Crippen molar-refractivity contribution in [2.24, 2.45) is 17.8 Å². The molecule has 9 rings (SSSR count). The van der Waals surface area contributed by atoms with Gasteiger partial charge in [0.2, 0.25) is 5.71 Å². The van der Waals surface area contributed by atoms with Crippen molar-refractivity contribution in [1.82, 2.24) is 15.0 Å². The largest absolute Gasteiger partial charge is 0.486 e. The van der Waals surface area contributed by atoms with Gasteiger partial charge < -0.3 is 14.4 Å². The summed E-state index contributed by atoms with van der Waals surface area (Å²) in [5, 5.41) is 3.03. The fourth-order valence-corrected chi connectivity index (χ4v) is 10.8. The first-order valence-electron chi connectivity index (χ1n) is 23.3. The molecule has 3 fully saturated rings. The topological polar surface area (TPSA) is 51.8 Å². The van der Waals surface area contributed by atoms with Crippen LogP contribution in [0.4, 0.5) is 0 Å². The molecule has 0 amide bonds.